The summed E-state index contributed by atoms with van der Waals surface area (Å²) in [6.07, 6.45) is 1.74. The molecule has 4 heteroatoms. The SMILES string of the molecule is NS(=O)/C=C\c1ccc(I)cc1. The first-order chi connectivity index (χ1) is 5.68. The van der Waals surface area contributed by atoms with E-state index in [0.717, 1.165) is 5.56 Å². The molecular formula is C8H8INOS. The molecule has 0 radical (unpaired) electrons. The van der Waals surface area contributed by atoms with Crippen LogP contribution in [-0.2, 0) is 11.0 Å². The number of benzene rings is 1. The first kappa shape index (κ1) is 9.88. The van der Waals surface area contributed by atoms with Crippen LogP contribution in [0.5, 0.6) is 0 Å². The molecule has 0 saturated heterocycles. The molecule has 0 saturated carbocycles. The lowest BCUT2D eigenvalue weighted by Gasteiger charge is -1.92. The maximum absolute atomic E-state index is 10.5. The largest absolute Gasteiger partial charge is 0.248 e. The summed E-state index contributed by atoms with van der Waals surface area (Å²) in [5.74, 6) is 0. The molecular weight excluding hydrogens is 285 g/mol. The first-order valence-corrected chi connectivity index (χ1v) is 5.63. The third-order valence-corrected chi connectivity index (χ3v) is 2.39. The monoisotopic (exact) mass is 293 g/mol. The summed E-state index contributed by atoms with van der Waals surface area (Å²) in [5, 5.41) is 6.51. The molecule has 0 bridgehead atoms. The van der Waals surface area contributed by atoms with Gasteiger partial charge in [0, 0.05) is 8.98 Å². The summed E-state index contributed by atoms with van der Waals surface area (Å²) in [4.78, 5) is 0. The van der Waals surface area contributed by atoms with Gasteiger partial charge in [0.15, 0.2) is 0 Å². The Hall–Kier alpha value is -0.200. The van der Waals surface area contributed by atoms with Gasteiger partial charge >= 0.3 is 0 Å². The molecule has 0 spiro atoms. The van der Waals surface area contributed by atoms with Crippen LogP contribution in [0.3, 0.4) is 0 Å². The molecule has 64 valence electrons. The Kier molecular flexibility index (Phi) is 3.90. The van der Waals surface area contributed by atoms with Gasteiger partial charge in [0.2, 0.25) is 0 Å². The van der Waals surface area contributed by atoms with Crippen molar-refractivity contribution >= 4 is 39.7 Å². The first-order valence-electron chi connectivity index (χ1n) is 3.27. The van der Waals surface area contributed by atoms with Crippen LogP contribution < -0.4 is 5.14 Å². The molecule has 0 aliphatic carbocycles. The van der Waals surface area contributed by atoms with Gasteiger partial charge in [-0.25, -0.2) is 9.35 Å². The van der Waals surface area contributed by atoms with Gasteiger partial charge in [-0.05, 0) is 46.4 Å². The molecule has 0 fully saturated rings. The highest BCUT2D eigenvalue weighted by atomic mass is 127. The average Bonchev–Trinajstić information content (AvgIpc) is 2.03. The molecule has 2 N–H and O–H groups in total. The molecule has 0 amide bonds. The molecule has 2 nitrogen and oxygen atoms in total. The molecule has 1 atom stereocenters. The zero-order valence-electron chi connectivity index (χ0n) is 6.24. The lowest BCUT2D eigenvalue weighted by molar-refractivity contribution is 0.689. The van der Waals surface area contributed by atoms with Gasteiger partial charge in [0.25, 0.3) is 0 Å². The fraction of sp³-hybridized carbons (Fsp3) is 0. The fourth-order valence-corrected chi connectivity index (χ4v) is 1.37. The second kappa shape index (κ2) is 4.74. The summed E-state index contributed by atoms with van der Waals surface area (Å²) < 4.78 is 11.7. The van der Waals surface area contributed by atoms with E-state index in [0.29, 0.717) is 0 Å². The van der Waals surface area contributed by atoms with Gasteiger partial charge in [-0.15, -0.1) is 0 Å². The van der Waals surface area contributed by atoms with E-state index in [9.17, 15) is 4.21 Å². The summed E-state index contributed by atoms with van der Waals surface area (Å²) in [7, 11) is -1.35. The third-order valence-electron chi connectivity index (χ3n) is 1.26. The minimum atomic E-state index is -1.35. The molecule has 1 aromatic rings. The second-order valence-corrected chi connectivity index (χ2v) is 4.36. The van der Waals surface area contributed by atoms with Crippen molar-refractivity contribution in [3.8, 4) is 0 Å². The lowest BCUT2D eigenvalue weighted by atomic mass is 10.2. The molecule has 0 aromatic heterocycles. The van der Waals surface area contributed by atoms with Gasteiger partial charge in [0.05, 0.1) is 0 Å². The Bertz CT molecular complexity index is 307. The van der Waals surface area contributed by atoms with Crippen LogP contribution >= 0.6 is 22.6 Å². The maximum atomic E-state index is 10.5. The quantitative estimate of drug-likeness (QED) is 0.831. The zero-order valence-corrected chi connectivity index (χ0v) is 9.21. The second-order valence-electron chi connectivity index (χ2n) is 2.18. The Morgan fingerprint density at radius 1 is 1.33 bits per heavy atom. The number of nitrogens with two attached hydrogens (primary N) is 1. The normalized spacial score (nSPS) is 13.5. The minimum absolute atomic E-state index is 1.01. The molecule has 1 unspecified atom stereocenters. The van der Waals surface area contributed by atoms with E-state index in [1.807, 2.05) is 24.3 Å². The molecule has 0 aliphatic rings. The highest BCUT2D eigenvalue weighted by Gasteiger charge is 1.87. The predicted octanol–water partition coefficient (Wildman–Crippen LogP) is 1.88. The topological polar surface area (TPSA) is 43.1 Å². The van der Waals surface area contributed by atoms with Crippen molar-refractivity contribution in [3.63, 3.8) is 0 Å². The summed E-state index contributed by atoms with van der Waals surface area (Å²) >= 11 is 2.23. The fourth-order valence-electron chi connectivity index (χ4n) is 0.720. The highest BCUT2D eigenvalue weighted by Crippen LogP contribution is 2.07. The zero-order chi connectivity index (χ0) is 8.97. The summed E-state index contributed by atoms with van der Waals surface area (Å²) in [5.41, 5.74) is 1.01. The number of rotatable bonds is 2. The van der Waals surface area contributed by atoms with Crippen LogP contribution in [0.2, 0.25) is 0 Å². The van der Waals surface area contributed by atoms with E-state index in [4.69, 9.17) is 5.14 Å². The van der Waals surface area contributed by atoms with E-state index < -0.39 is 11.0 Å². The van der Waals surface area contributed by atoms with Crippen LogP contribution in [0.15, 0.2) is 29.7 Å². The van der Waals surface area contributed by atoms with Crippen LogP contribution in [0.4, 0.5) is 0 Å². The van der Waals surface area contributed by atoms with E-state index in [2.05, 4.69) is 22.6 Å². The van der Waals surface area contributed by atoms with Gasteiger partial charge in [0.1, 0.15) is 11.0 Å². The van der Waals surface area contributed by atoms with Crippen LogP contribution in [0.1, 0.15) is 5.56 Å². The average molecular weight is 293 g/mol. The Morgan fingerprint density at radius 2 is 1.92 bits per heavy atom. The standard InChI is InChI=1S/C8H8INOS/c9-8-3-1-7(2-4-8)5-6-12(10)11/h1-6H,10H2/b6-5-. The van der Waals surface area contributed by atoms with Gasteiger partial charge in [-0.2, -0.15) is 0 Å². The number of hydrogen-bond acceptors (Lipinski definition) is 1. The van der Waals surface area contributed by atoms with Crippen molar-refractivity contribution in [2.24, 2.45) is 5.14 Å². The van der Waals surface area contributed by atoms with Crippen molar-refractivity contribution in [3.05, 3.63) is 38.8 Å². The lowest BCUT2D eigenvalue weighted by Crippen LogP contribution is -1.95. The summed E-state index contributed by atoms with van der Waals surface area (Å²) in [6, 6.07) is 7.87. The number of hydrogen-bond donors (Lipinski definition) is 1. The molecule has 0 aliphatic heterocycles. The summed E-state index contributed by atoms with van der Waals surface area (Å²) in [6.45, 7) is 0. The van der Waals surface area contributed by atoms with Gasteiger partial charge < -0.3 is 0 Å². The predicted molar refractivity (Wildman–Crippen MR) is 60.5 cm³/mol. The molecule has 1 aromatic carbocycles. The number of halogens is 1. The van der Waals surface area contributed by atoms with Gasteiger partial charge in [-0.1, -0.05) is 12.1 Å². The van der Waals surface area contributed by atoms with Crippen molar-refractivity contribution < 1.29 is 4.21 Å². The van der Waals surface area contributed by atoms with Crippen LogP contribution in [-0.4, -0.2) is 4.21 Å². The van der Waals surface area contributed by atoms with Crippen molar-refractivity contribution in [2.75, 3.05) is 0 Å². The highest BCUT2D eigenvalue weighted by molar-refractivity contribution is 14.1. The Morgan fingerprint density at radius 3 is 2.42 bits per heavy atom. The maximum Gasteiger partial charge on any atom is 0.114 e. The van der Waals surface area contributed by atoms with E-state index in [-0.39, 0.29) is 0 Å². The molecule has 12 heavy (non-hydrogen) atoms. The van der Waals surface area contributed by atoms with Crippen molar-refractivity contribution in [1.29, 1.82) is 0 Å². The van der Waals surface area contributed by atoms with Crippen LogP contribution in [0.25, 0.3) is 6.08 Å². The van der Waals surface area contributed by atoms with Crippen molar-refractivity contribution in [1.82, 2.24) is 0 Å². The van der Waals surface area contributed by atoms with Crippen LogP contribution in [0, 0.1) is 3.57 Å². The smallest absolute Gasteiger partial charge is 0.114 e. The minimum Gasteiger partial charge on any atom is -0.248 e. The van der Waals surface area contributed by atoms with E-state index in [1.54, 1.807) is 6.08 Å². The van der Waals surface area contributed by atoms with Gasteiger partial charge in [-0.3, -0.25) is 0 Å². The van der Waals surface area contributed by atoms with Crippen molar-refractivity contribution in [2.45, 2.75) is 0 Å². The third kappa shape index (κ3) is 3.46. The Balaban J connectivity index is 2.77. The van der Waals surface area contributed by atoms with E-state index >= 15 is 0 Å². The molecule has 0 heterocycles. The molecule has 1 rings (SSSR count). The van der Waals surface area contributed by atoms with E-state index in [1.165, 1.54) is 8.98 Å². The Labute approximate surface area is 87.6 Å².